The lowest BCUT2D eigenvalue weighted by Gasteiger charge is -2.17. The zero-order chi connectivity index (χ0) is 13.9. The van der Waals surface area contributed by atoms with Gasteiger partial charge in [0.05, 0.1) is 11.4 Å². The molecular weight excluding hydrogens is 238 g/mol. The Balaban J connectivity index is 2.00. The van der Waals surface area contributed by atoms with E-state index >= 15 is 0 Å². The molecule has 5 nitrogen and oxygen atoms in total. The molecule has 0 unspecified atom stereocenters. The lowest BCUT2D eigenvalue weighted by Crippen LogP contribution is -2.19. The molecule has 0 aliphatic carbocycles. The van der Waals surface area contributed by atoms with E-state index in [0.717, 1.165) is 17.9 Å². The first-order valence-electron chi connectivity index (χ1n) is 6.47. The summed E-state index contributed by atoms with van der Waals surface area (Å²) in [7, 11) is 1.96. The molecule has 0 saturated carbocycles. The molecule has 0 spiro atoms. The minimum Gasteiger partial charge on any atom is -0.307 e. The lowest BCUT2D eigenvalue weighted by atomic mass is 9.89. The number of nitrogens with zero attached hydrogens (tertiary/aromatic N) is 4. The fourth-order valence-electron chi connectivity index (χ4n) is 2.05. The van der Waals surface area contributed by atoms with Crippen molar-refractivity contribution < 1.29 is 0 Å². The zero-order valence-corrected chi connectivity index (χ0v) is 12.0. The summed E-state index contributed by atoms with van der Waals surface area (Å²) in [6, 6.07) is 3.86. The van der Waals surface area contributed by atoms with Crippen molar-refractivity contribution in [1.29, 1.82) is 0 Å². The largest absolute Gasteiger partial charge is 0.307 e. The van der Waals surface area contributed by atoms with Crippen molar-refractivity contribution >= 4 is 0 Å². The van der Waals surface area contributed by atoms with E-state index in [1.165, 1.54) is 5.56 Å². The van der Waals surface area contributed by atoms with Crippen LogP contribution in [0, 0.1) is 0 Å². The molecule has 0 saturated heterocycles. The average molecular weight is 259 g/mol. The van der Waals surface area contributed by atoms with Crippen molar-refractivity contribution in [3.8, 4) is 0 Å². The molecule has 1 N–H and O–H groups in total. The Kier molecular flexibility index (Phi) is 3.95. The maximum atomic E-state index is 4.56. The molecule has 0 bridgehead atoms. The van der Waals surface area contributed by atoms with E-state index in [1.807, 2.05) is 23.9 Å². The van der Waals surface area contributed by atoms with Crippen molar-refractivity contribution in [2.24, 2.45) is 7.05 Å². The molecule has 5 heteroatoms. The molecule has 19 heavy (non-hydrogen) atoms. The molecule has 0 atom stereocenters. The van der Waals surface area contributed by atoms with E-state index in [9.17, 15) is 0 Å². The summed E-state index contributed by atoms with van der Waals surface area (Å²) < 4.78 is 1.87. The number of nitrogens with one attached hydrogen (secondary N) is 1. The van der Waals surface area contributed by atoms with Crippen LogP contribution in [0.15, 0.2) is 24.5 Å². The van der Waals surface area contributed by atoms with Crippen LogP contribution in [0.2, 0.25) is 0 Å². The third-order valence-corrected chi connectivity index (χ3v) is 2.86. The first-order valence-corrected chi connectivity index (χ1v) is 6.47. The molecule has 0 amide bonds. The second-order valence-electron chi connectivity index (χ2n) is 5.75. The highest BCUT2D eigenvalue weighted by Gasteiger charge is 2.21. The first-order chi connectivity index (χ1) is 8.97. The Morgan fingerprint density at radius 1 is 1.26 bits per heavy atom. The summed E-state index contributed by atoms with van der Waals surface area (Å²) in [6.07, 6.45) is 3.76. The second-order valence-corrected chi connectivity index (χ2v) is 5.75. The normalized spacial score (nSPS) is 11.8. The SMILES string of the molecule is Cn1cc(CNCc2cccnn2)c(C(C)(C)C)n1. The zero-order valence-electron chi connectivity index (χ0n) is 12.0. The summed E-state index contributed by atoms with van der Waals surface area (Å²) in [6.45, 7) is 8.05. The molecule has 0 aliphatic rings. The lowest BCUT2D eigenvalue weighted by molar-refractivity contribution is 0.543. The summed E-state index contributed by atoms with van der Waals surface area (Å²) in [5.41, 5.74) is 3.38. The number of hydrogen-bond donors (Lipinski definition) is 1. The van der Waals surface area contributed by atoms with E-state index in [2.05, 4.69) is 47.6 Å². The first kappa shape index (κ1) is 13.7. The predicted octanol–water partition coefficient (Wildman–Crippen LogP) is 1.80. The van der Waals surface area contributed by atoms with Crippen LogP contribution in [0.3, 0.4) is 0 Å². The molecule has 2 heterocycles. The molecule has 0 radical (unpaired) electrons. The van der Waals surface area contributed by atoms with Gasteiger partial charge in [-0.25, -0.2) is 0 Å². The Hall–Kier alpha value is -1.75. The molecule has 102 valence electrons. The fraction of sp³-hybridized carbons (Fsp3) is 0.500. The number of rotatable bonds is 4. The summed E-state index contributed by atoms with van der Waals surface area (Å²) in [4.78, 5) is 0. The van der Waals surface area contributed by atoms with Gasteiger partial charge in [-0.2, -0.15) is 15.3 Å². The molecule has 2 aromatic heterocycles. The van der Waals surface area contributed by atoms with Crippen molar-refractivity contribution in [2.75, 3.05) is 0 Å². The summed E-state index contributed by atoms with van der Waals surface area (Å²) in [5, 5.41) is 15.9. The minimum absolute atomic E-state index is 0.0603. The molecule has 2 rings (SSSR count). The topological polar surface area (TPSA) is 55.6 Å². The van der Waals surface area contributed by atoms with Gasteiger partial charge in [-0.1, -0.05) is 20.8 Å². The van der Waals surface area contributed by atoms with Gasteiger partial charge in [-0.05, 0) is 12.1 Å². The monoisotopic (exact) mass is 259 g/mol. The van der Waals surface area contributed by atoms with Gasteiger partial charge in [0.2, 0.25) is 0 Å². The van der Waals surface area contributed by atoms with E-state index in [1.54, 1.807) is 6.20 Å². The van der Waals surface area contributed by atoms with Gasteiger partial charge in [0.25, 0.3) is 0 Å². The van der Waals surface area contributed by atoms with Crippen LogP contribution in [-0.2, 0) is 25.6 Å². The second kappa shape index (κ2) is 5.48. The highest BCUT2D eigenvalue weighted by molar-refractivity contribution is 5.23. The third-order valence-electron chi connectivity index (χ3n) is 2.86. The molecule has 0 fully saturated rings. The highest BCUT2D eigenvalue weighted by Crippen LogP contribution is 2.23. The molecule has 2 aromatic rings. The van der Waals surface area contributed by atoms with E-state index in [4.69, 9.17) is 0 Å². The maximum Gasteiger partial charge on any atom is 0.0769 e. The van der Waals surface area contributed by atoms with Crippen LogP contribution in [0.4, 0.5) is 0 Å². The van der Waals surface area contributed by atoms with E-state index < -0.39 is 0 Å². The quantitative estimate of drug-likeness (QED) is 0.909. The van der Waals surface area contributed by atoms with E-state index in [0.29, 0.717) is 6.54 Å². The Labute approximate surface area is 114 Å². The number of hydrogen-bond acceptors (Lipinski definition) is 4. The number of aryl methyl sites for hydroxylation is 1. The van der Waals surface area contributed by atoms with Crippen molar-refractivity contribution in [1.82, 2.24) is 25.3 Å². The average Bonchev–Trinajstić information content (AvgIpc) is 2.72. The van der Waals surface area contributed by atoms with Crippen LogP contribution < -0.4 is 5.32 Å². The molecule has 0 aromatic carbocycles. The van der Waals surface area contributed by atoms with Gasteiger partial charge in [0, 0.05) is 43.5 Å². The number of aromatic nitrogens is 4. The van der Waals surface area contributed by atoms with Crippen LogP contribution in [0.5, 0.6) is 0 Å². The van der Waals surface area contributed by atoms with Crippen LogP contribution in [0.25, 0.3) is 0 Å². The smallest absolute Gasteiger partial charge is 0.0769 e. The van der Waals surface area contributed by atoms with Crippen molar-refractivity contribution in [3.63, 3.8) is 0 Å². The molecule has 0 aliphatic heterocycles. The van der Waals surface area contributed by atoms with Gasteiger partial charge >= 0.3 is 0 Å². The van der Waals surface area contributed by atoms with Gasteiger partial charge in [-0.15, -0.1) is 0 Å². The van der Waals surface area contributed by atoms with Gasteiger partial charge in [0.1, 0.15) is 0 Å². The highest BCUT2D eigenvalue weighted by atomic mass is 15.3. The standard InChI is InChI=1S/C14H21N5/c1-14(2,3)13-11(10-19(4)18-13)8-15-9-12-6-5-7-16-17-12/h5-7,10,15H,8-9H2,1-4H3. The van der Waals surface area contributed by atoms with Crippen molar-refractivity contribution in [3.05, 3.63) is 41.5 Å². The fourth-order valence-corrected chi connectivity index (χ4v) is 2.05. The Bertz CT molecular complexity index is 525. The van der Waals surface area contributed by atoms with E-state index in [-0.39, 0.29) is 5.41 Å². The van der Waals surface area contributed by atoms with Crippen LogP contribution in [0.1, 0.15) is 37.7 Å². The molecular formula is C14H21N5. The van der Waals surface area contributed by atoms with Crippen LogP contribution >= 0.6 is 0 Å². The van der Waals surface area contributed by atoms with Gasteiger partial charge in [-0.3, -0.25) is 4.68 Å². The third kappa shape index (κ3) is 3.61. The van der Waals surface area contributed by atoms with Gasteiger partial charge < -0.3 is 5.32 Å². The summed E-state index contributed by atoms with van der Waals surface area (Å²) >= 11 is 0. The predicted molar refractivity (Wildman–Crippen MR) is 74.5 cm³/mol. The Morgan fingerprint density at radius 2 is 2.05 bits per heavy atom. The minimum atomic E-state index is 0.0603. The summed E-state index contributed by atoms with van der Waals surface area (Å²) in [5.74, 6) is 0. The van der Waals surface area contributed by atoms with Crippen molar-refractivity contribution in [2.45, 2.75) is 39.3 Å². The maximum absolute atomic E-state index is 4.56. The van der Waals surface area contributed by atoms with Gasteiger partial charge in [0.15, 0.2) is 0 Å². The Morgan fingerprint density at radius 3 is 2.68 bits per heavy atom. The van der Waals surface area contributed by atoms with Crippen LogP contribution in [-0.4, -0.2) is 20.0 Å².